The van der Waals surface area contributed by atoms with Crippen molar-refractivity contribution in [2.75, 3.05) is 70.5 Å². The van der Waals surface area contributed by atoms with E-state index in [2.05, 4.69) is 55.2 Å². The molecule has 4 heterocycles. The molecular weight excluding hydrogens is 1030 g/mol. The summed E-state index contributed by atoms with van der Waals surface area (Å²) in [6.45, 7) is 21.2. The molecule has 0 radical (unpaired) electrons. The molecule has 6 rings (SSSR count). The van der Waals surface area contributed by atoms with Crippen molar-refractivity contribution in [3.8, 4) is 23.0 Å². The summed E-state index contributed by atoms with van der Waals surface area (Å²) < 4.78 is 36.3. The molecule has 4 aliphatic rings. The predicted molar refractivity (Wildman–Crippen MR) is 295 cm³/mol. The number of carbonyl (C=O) groups excluding carboxylic acids is 6. The third-order valence-electron chi connectivity index (χ3n) is 13.4. The predicted octanol–water partition coefficient (Wildman–Crippen LogP) is 6.56. The van der Waals surface area contributed by atoms with Crippen LogP contribution in [-0.2, 0) is 28.7 Å². The number of benzene rings is 2. The Morgan fingerprint density at radius 1 is 0.688 bits per heavy atom. The quantitative estimate of drug-likeness (QED) is 0.0577. The molecule has 4 aliphatic heterocycles. The number of nitrogens with zero attached hydrogens (tertiary/aromatic N) is 4. The SMILES string of the molecule is COc1cc2c(cc1OCCCOc1cc3c(cc1OC)C(=O)N1C=C(/C=C/CNC(=O)[C@H](C)NC(=O)[C@H](NC(=O)O)C(C)C)C[C@H]1C(=O)N3COCC[Si](C)(C)C)N(COCC[Si](C)(C)C)C(=O)[C@@H]1CC(C)=CN1C2=O. The Hall–Kier alpha value is -6.70. The lowest BCUT2D eigenvalue weighted by molar-refractivity contribution is -0.130. The van der Waals surface area contributed by atoms with E-state index in [4.69, 9.17) is 33.5 Å². The molecule has 2 aromatic carbocycles. The van der Waals surface area contributed by atoms with Crippen LogP contribution in [0.15, 0.2) is 60.0 Å². The number of nitrogens with one attached hydrogen (secondary N) is 3. The Kier molecular flexibility index (Phi) is 19.8. The number of amides is 7. The zero-order valence-corrected chi connectivity index (χ0v) is 48.5. The van der Waals surface area contributed by atoms with Crippen molar-refractivity contribution in [3.05, 3.63) is 71.1 Å². The van der Waals surface area contributed by atoms with E-state index in [1.165, 1.54) is 40.7 Å². The highest BCUT2D eigenvalue weighted by Gasteiger charge is 2.44. The Morgan fingerprint density at radius 3 is 1.65 bits per heavy atom. The molecule has 0 bridgehead atoms. The number of hydrogen-bond acceptors (Lipinski definition) is 13. The second-order valence-corrected chi connectivity index (χ2v) is 33.7. The fourth-order valence-corrected chi connectivity index (χ4v) is 10.5. The van der Waals surface area contributed by atoms with Gasteiger partial charge in [-0.2, -0.15) is 0 Å². The number of allylic oxidation sites excluding steroid dienone is 1. The van der Waals surface area contributed by atoms with Gasteiger partial charge in [-0.15, -0.1) is 0 Å². The molecule has 0 saturated carbocycles. The third kappa shape index (κ3) is 15.1. The van der Waals surface area contributed by atoms with Crippen molar-refractivity contribution in [3.63, 3.8) is 0 Å². The second kappa shape index (κ2) is 25.6. The van der Waals surface area contributed by atoms with E-state index < -0.39 is 64.1 Å². The van der Waals surface area contributed by atoms with E-state index in [0.29, 0.717) is 54.5 Å². The van der Waals surface area contributed by atoms with Gasteiger partial charge in [0, 0.05) is 73.3 Å². The number of fused-ring (bicyclic) bond motifs is 4. The van der Waals surface area contributed by atoms with E-state index in [-0.39, 0.29) is 85.9 Å². The summed E-state index contributed by atoms with van der Waals surface area (Å²) in [6.07, 6.45) is 6.32. The minimum atomic E-state index is -1.51. The molecule has 0 aromatic heterocycles. The summed E-state index contributed by atoms with van der Waals surface area (Å²) in [5.41, 5.74) is 2.72. The topological polar surface area (TPSA) is 244 Å². The van der Waals surface area contributed by atoms with E-state index in [0.717, 1.165) is 17.7 Å². The van der Waals surface area contributed by atoms with Gasteiger partial charge in [-0.25, -0.2) is 4.79 Å². The van der Waals surface area contributed by atoms with E-state index >= 15 is 0 Å². The van der Waals surface area contributed by atoms with Crippen LogP contribution in [0.3, 0.4) is 0 Å². The fraction of sp³-hybridized carbons (Fsp3) is 0.537. The van der Waals surface area contributed by atoms with Gasteiger partial charge in [0.05, 0.1) is 49.9 Å². The number of ether oxygens (including phenoxy) is 6. The Morgan fingerprint density at radius 2 is 1.18 bits per heavy atom. The maximum Gasteiger partial charge on any atom is 0.405 e. The van der Waals surface area contributed by atoms with Crippen LogP contribution in [0.5, 0.6) is 23.0 Å². The fourth-order valence-electron chi connectivity index (χ4n) is 8.98. The number of carbonyl (C=O) groups is 7. The Bertz CT molecular complexity index is 2660. The summed E-state index contributed by atoms with van der Waals surface area (Å²) in [4.78, 5) is 99.9. The van der Waals surface area contributed by atoms with Crippen molar-refractivity contribution in [1.82, 2.24) is 25.8 Å². The summed E-state index contributed by atoms with van der Waals surface area (Å²) in [6, 6.07) is 4.57. The standard InChI is InChI=1S/C54H77N7O14Si2/c1-33(2)47(57-54(68)69)49(63)56-35(4)48(62)55-16-13-15-36-24-42-53(67)61(32-73-20-22-77(10,11)12)40-28-46(44(71-6)26-38(40)51(65)59(42)30-36)75-18-14-17-74-45-27-39-37(25-43(45)70-5)50(64)58-29-34(3)23-41(58)52(66)60(39)31-72-19-21-76(7,8)9/h13,15,25-30,33,35,41-42,47,57H,14,16-24,31-32H2,1-12H3,(H,55,62)(H,56,63)(H,68,69)/b15-13+/t35-,41-,42-,47+/m0/s1. The summed E-state index contributed by atoms with van der Waals surface area (Å²) in [5.74, 6) is -1.70. The molecule has 0 unspecified atom stereocenters. The van der Waals surface area contributed by atoms with Crippen LogP contribution in [-0.4, -0.2) is 157 Å². The monoisotopic (exact) mass is 1100 g/mol. The lowest BCUT2D eigenvalue weighted by Gasteiger charge is -2.27. The summed E-state index contributed by atoms with van der Waals surface area (Å²) in [7, 11) is 0.00858. The minimum Gasteiger partial charge on any atom is -0.493 e. The van der Waals surface area contributed by atoms with Gasteiger partial charge in [0.25, 0.3) is 23.6 Å². The van der Waals surface area contributed by atoms with E-state index in [1.807, 2.05) is 6.92 Å². The number of hydrogen-bond donors (Lipinski definition) is 4. The molecule has 7 amide bonds. The van der Waals surface area contributed by atoms with E-state index in [1.54, 1.807) is 62.7 Å². The van der Waals surface area contributed by atoms with E-state index in [9.17, 15) is 33.6 Å². The highest BCUT2D eigenvalue weighted by atomic mass is 28.3. The van der Waals surface area contributed by atoms with Gasteiger partial charge in [-0.1, -0.05) is 70.9 Å². The first kappa shape index (κ1) is 59.5. The van der Waals surface area contributed by atoms with Gasteiger partial charge < -0.3 is 59.3 Å². The molecule has 0 fully saturated rings. The molecule has 420 valence electrons. The average molecular weight is 1100 g/mol. The van der Waals surface area contributed by atoms with Crippen LogP contribution in [0.25, 0.3) is 0 Å². The molecule has 0 aliphatic carbocycles. The highest BCUT2D eigenvalue weighted by Crippen LogP contribution is 2.43. The van der Waals surface area contributed by atoms with Crippen molar-refractivity contribution in [2.24, 2.45) is 5.92 Å². The number of methoxy groups -OCH3 is 2. The van der Waals surface area contributed by atoms with Gasteiger partial charge >= 0.3 is 6.09 Å². The van der Waals surface area contributed by atoms with Crippen molar-refractivity contribution < 1.29 is 67.1 Å². The smallest absolute Gasteiger partial charge is 0.405 e. The molecule has 4 N–H and O–H groups in total. The number of anilines is 2. The van der Waals surface area contributed by atoms with Crippen LogP contribution in [0, 0.1) is 5.92 Å². The second-order valence-electron chi connectivity index (χ2n) is 22.4. The summed E-state index contributed by atoms with van der Waals surface area (Å²) >= 11 is 0. The van der Waals surface area contributed by atoms with Gasteiger partial charge in [-0.3, -0.25) is 38.6 Å². The maximum absolute atomic E-state index is 14.6. The Labute approximate surface area is 453 Å². The first-order chi connectivity index (χ1) is 36.3. The third-order valence-corrected chi connectivity index (χ3v) is 16.8. The van der Waals surface area contributed by atoms with Gasteiger partial charge in [0.2, 0.25) is 11.8 Å². The van der Waals surface area contributed by atoms with Gasteiger partial charge in [-0.05, 0) is 56.0 Å². The number of carboxylic acid groups (broad SMARTS) is 1. The molecule has 0 spiro atoms. The van der Waals surface area contributed by atoms with Crippen molar-refractivity contribution >= 4 is 69.1 Å². The summed E-state index contributed by atoms with van der Waals surface area (Å²) in [5, 5.41) is 16.6. The molecule has 0 saturated heterocycles. The highest BCUT2D eigenvalue weighted by molar-refractivity contribution is 6.76. The van der Waals surface area contributed by atoms with Gasteiger partial charge in [0.1, 0.15) is 37.6 Å². The first-order valence-electron chi connectivity index (χ1n) is 26.1. The zero-order chi connectivity index (χ0) is 56.5. The normalized spacial score (nSPS) is 18.2. The van der Waals surface area contributed by atoms with Gasteiger partial charge in [0.15, 0.2) is 23.0 Å². The van der Waals surface area contributed by atoms with Crippen LogP contribution >= 0.6 is 0 Å². The van der Waals surface area contributed by atoms with Crippen LogP contribution in [0.1, 0.15) is 67.7 Å². The largest absolute Gasteiger partial charge is 0.493 e. The number of rotatable bonds is 26. The van der Waals surface area contributed by atoms with Crippen LogP contribution in [0.4, 0.5) is 16.2 Å². The molecular formula is C54H77N7O14Si2. The molecule has 23 heteroatoms. The Balaban J connectivity index is 1.16. The van der Waals surface area contributed by atoms with Crippen LogP contribution < -0.4 is 44.7 Å². The molecule has 4 atom stereocenters. The lowest BCUT2D eigenvalue weighted by Crippen LogP contribution is -2.54. The maximum atomic E-state index is 14.6. The molecule has 21 nitrogen and oxygen atoms in total. The zero-order valence-electron chi connectivity index (χ0n) is 46.5. The lowest BCUT2D eigenvalue weighted by atomic mass is 10.0. The van der Waals surface area contributed by atoms with Crippen molar-refractivity contribution in [1.29, 1.82) is 0 Å². The minimum absolute atomic E-state index is 0.0330. The molecule has 2 aromatic rings. The van der Waals surface area contributed by atoms with Crippen LogP contribution in [0.2, 0.25) is 51.4 Å². The average Bonchev–Trinajstić information content (AvgIpc) is 3.97. The molecule has 77 heavy (non-hydrogen) atoms. The first-order valence-corrected chi connectivity index (χ1v) is 33.5. The van der Waals surface area contributed by atoms with Crippen molar-refractivity contribution in [2.45, 2.75) is 122 Å².